The molecule has 1 saturated heterocycles. The van der Waals surface area contributed by atoms with Gasteiger partial charge < -0.3 is 10.6 Å². The topological polar surface area (TPSA) is 71.8 Å². The Kier molecular flexibility index (Phi) is 3.94. The highest BCUT2D eigenvalue weighted by molar-refractivity contribution is 5.92. The number of aryl methyl sites for hydroxylation is 2. The van der Waals surface area contributed by atoms with Crippen molar-refractivity contribution in [2.45, 2.75) is 20.8 Å². The highest BCUT2D eigenvalue weighted by Gasteiger charge is 2.28. The molecule has 2 aromatic heterocycles. The second-order valence-corrected chi connectivity index (χ2v) is 5.94. The number of amides is 1. The molecule has 0 aromatic carbocycles. The van der Waals surface area contributed by atoms with Gasteiger partial charge in [-0.25, -0.2) is 9.67 Å². The van der Waals surface area contributed by atoms with E-state index in [-0.39, 0.29) is 11.8 Å². The predicted molar refractivity (Wildman–Crippen MR) is 85.0 cm³/mol. The zero-order chi connectivity index (χ0) is 15.7. The van der Waals surface area contributed by atoms with Crippen LogP contribution in [0.2, 0.25) is 0 Å². The number of carbonyl (C=O) groups excluding carboxylic acids is 1. The minimum atomic E-state index is 0.0111. The van der Waals surface area contributed by atoms with Crippen molar-refractivity contribution < 1.29 is 4.79 Å². The molecule has 1 aliphatic heterocycles. The third kappa shape index (κ3) is 2.87. The van der Waals surface area contributed by atoms with Crippen molar-refractivity contribution in [3.05, 3.63) is 35.8 Å². The van der Waals surface area contributed by atoms with Crippen LogP contribution < -0.4 is 10.6 Å². The molecule has 0 radical (unpaired) electrons. The van der Waals surface area contributed by atoms with Gasteiger partial charge in [0.25, 0.3) is 0 Å². The largest absolute Gasteiger partial charge is 0.324 e. The van der Waals surface area contributed by atoms with Crippen LogP contribution in [0.15, 0.2) is 24.4 Å². The minimum absolute atomic E-state index is 0.0111. The van der Waals surface area contributed by atoms with Gasteiger partial charge in [0.05, 0.1) is 17.6 Å². The van der Waals surface area contributed by atoms with Gasteiger partial charge in [-0.15, -0.1) is 0 Å². The molecule has 0 bridgehead atoms. The van der Waals surface area contributed by atoms with Crippen LogP contribution in [-0.2, 0) is 4.79 Å². The van der Waals surface area contributed by atoms with Crippen molar-refractivity contribution in [1.29, 1.82) is 0 Å². The number of carbonyl (C=O) groups is 1. The third-order valence-electron chi connectivity index (χ3n) is 4.18. The Morgan fingerprint density at radius 2 is 2.18 bits per heavy atom. The fraction of sp³-hybridized carbons (Fsp3) is 0.438. The fourth-order valence-corrected chi connectivity index (χ4v) is 2.58. The molecule has 1 aliphatic rings. The summed E-state index contributed by atoms with van der Waals surface area (Å²) in [5.41, 5.74) is 2.71. The minimum Gasteiger partial charge on any atom is -0.324 e. The second-order valence-electron chi connectivity index (χ2n) is 5.94. The van der Waals surface area contributed by atoms with Crippen LogP contribution in [0, 0.1) is 25.7 Å². The van der Waals surface area contributed by atoms with E-state index in [0.29, 0.717) is 5.92 Å². The molecule has 22 heavy (non-hydrogen) atoms. The molecule has 2 aromatic rings. The monoisotopic (exact) mass is 299 g/mol. The van der Waals surface area contributed by atoms with E-state index in [1.807, 2.05) is 39.0 Å². The number of rotatable bonds is 4. The Bertz CT molecular complexity index is 672. The number of hydrogen-bond donors (Lipinski definition) is 2. The van der Waals surface area contributed by atoms with Crippen molar-refractivity contribution in [3.63, 3.8) is 0 Å². The van der Waals surface area contributed by atoms with Crippen molar-refractivity contribution in [1.82, 2.24) is 20.1 Å². The average Bonchev–Trinajstić information content (AvgIpc) is 2.76. The van der Waals surface area contributed by atoms with Gasteiger partial charge in [-0.1, -0.05) is 6.92 Å². The smallest absolute Gasteiger partial charge is 0.227 e. The lowest BCUT2D eigenvalue weighted by Gasteiger charge is -2.31. The Hall–Kier alpha value is -2.21. The van der Waals surface area contributed by atoms with Crippen molar-refractivity contribution >= 4 is 11.6 Å². The van der Waals surface area contributed by atoms with Gasteiger partial charge in [0.1, 0.15) is 0 Å². The number of anilines is 1. The van der Waals surface area contributed by atoms with Crippen LogP contribution >= 0.6 is 0 Å². The average molecular weight is 299 g/mol. The van der Waals surface area contributed by atoms with Crippen LogP contribution in [0.3, 0.4) is 0 Å². The summed E-state index contributed by atoms with van der Waals surface area (Å²) in [5.74, 6) is 1.24. The first-order valence-electron chi connectivity index (χ1n) is 7.56. The number of nitrogens with zero attached hydrogens (tertiary/aromatic N) is 3. The van der Waals surface area contributed by atoms with E-state index in [0.717, 1.165) is 36.0 Å². The molecule has 6 nitrogen and oxygen atoms in total. The standard InChI is InChI=1S/C16H21N5O/c1-10-6-11(2)21(20-10)15-5-4-14(9-18-15)19-16(22)12(3)13-7-17-8-13/h4-6,9,12-13,17H,7-8H2,1-3H3,(H,19,22). The van der Waals surface area contributed by atoms with E-state index in [1.165, 1.54) is 0 Å². The zero-order valence-corrected chi connectivity index (χ0v) is 13.1. The molecule has 0 saturated carbocycles. The predicted octanol–water partition coefficient (Wildman–Crippen LogP) is 1.68. The summed E-state index contributed by atoms with van der Waals surface area (Å²) >= 11 is 0. The maximum absolute atomic E-state index is 12.2. The summed E-state index contributed by atoms with van der Waals surface area (Å²) in [5, 5.41) is 10.5. The van der Waals surface area contributed by atoms with E-state index >= 15 is 0 Å². The summed E-state index contributed by atoms with van der Waals surface area (Å²) < 4.78 is 1.80. The van der Waals surface area contributed by atoms with Crippen molar-refractivity contribution in [3.8, 4) is 5.82 Å². The molecule has 1 unspecified atom stereocenters. The van der Waals surface area contributed by atoms with Gasteiger partial charge in [0.15, 0.2) is 5.82 Å². The van der Waals surface area contributed by atoms with Gasteiger partial charge in [-0.3, -0.25) is 4.79 Å². The highest BCUT2D eigenvalue weighted by atomic mass is 16.1. The molecule has 3 rings (SSSR count). The van der Waals surface area contributed by atoms with Gasteiger partial charge in [0.2, 0.25) is 5.91 Å². The molecule has 6 heteroatoms. The van der Waals surface area contributed by atoms with E-state index in [4.69, 9.17) is 0 Å². The van der Waals surface area contributed by atoms with Crippen molar-refractivity contribution in [2.24, 2.45) is 11.8 Å². The van der Waals surface area contributed by atoms with Crippen LogP contribution in [0.4, 0.5) is 5.69 Å². The normalized spacial score (nSPS) is 16.1. The van der Waals surface area contributed by atoms with Crippen LogP contribution in [0.1, 0.15) is 18.3 Å². The molecule has 3 heterocycles. The molecule has 116 valence electrons. The Morgan fingerprint density at radius 3 is 2.68 bits per heavy atom. The molecule has 0 spiro atoms. The molecule has 1 fully saturated rings. The maximum atomic E-state index is 12.2. The Balaban J connectivity index is 1.69. The Labute approximate surface area is 129 Å². The maximum Gasteiger partial charge on any atom is 0.227 e. The Morgan fingerprint density at radius 1 is 1.41 bits per heavy atom. The van der Waals surface area contributed by atoms with Gasteiger partial charge in [-0.2, -0.15) is 5.10 Å². The first kappa shape index (κ1) is 14.7. The van der Waals surface area contributed by atoms with Crippen LogP contribution in [0.5, 0.6) is 0 Å². The van der Waals surface area contributed by atoms with Crippen LogP contribution in [0.25, 0.3) is 5.82 Å². The van der Waals surface area contributed by atoms with E-state index in [1.54, 1.807) is 10.9 Å². The summed E-state index contributed by atoms with van der Waals surface area (Å²) in [6, 6.07) is 5.73. The quantitative estimate of drug-likeness (QED) is 0.901. The van der Waals surface area contributed by atoms with E-state index in [9.17, 15) is 4.79 Å². The molecule has 1 atom stereocenters. The lowest BCUT2D eigenvalue weighted by molar-refractivity contribution is -0.121. The lowest BCUT2D eigenvalue weighted by Crippen LogP contribution is -2.48. The van der Waals surface area contributed by atoms with Crippen LogP contribution in [-0.4, -0.2) is 33.8 Å². The number of hydrogen-bond acceptors (Lipinski definition) is 4. The lowest BCUT2D eigenvalue weighted by atomic mass is 9.88. The molecule has 1 amide bonds. The highest BCUT2D eigenvalue weighted by Crippen LogP contribution is 2.18. The van der Waals surface area contributed by atoms with E-state index < -0.39 is 0 Å². The number of aromatic nitrogens is 3. The molecule has 2 N–H and O–H groups in total. The van der Waals surface area contributed by atoms with Gasteiger partial charge in [0, 0.05) is 11.6 Å². The van der Waals surface area contributed by atoms with Crippen molar-refractivity contribution in [2.75, 3.05) is 18.4 Å². The summed E-state index contributed by atoms with van der Waals surface area (Å²) in [7, 11) is 0. The second kappa shape index (κ2) is 5.88. The molecule has 0 aliphatic carbocycles. The molecular formula is C16H21N5O. The number of nitrogens with one attached hydrogen (secondary N) is 2. The van der Waals surface area contributed by atoms with E-state index in [2.05, 4.69) is 20.7 Å². The fourth-order valence-electron chi connectivity index (χ4n) is 2.58. The van der Waals surface area contributed by atoms with Gasteiger partial charge in [-0.05, 0) is 51.1 Å². The van der Waals surface area contributed by atoms with Gasteiger partial charge >= 0.3 is 0 Å². The number of pyridine rings is 1. The summed E-state index contributed by atoms with van der Waals surface area (Å²) in [6.07, 6.45) is 1.68. The zero-order valence-electron chi connectivity index (χ0n) is 13.1. The third-order valence-corrected chi connectivity index (χ3v) is 4.18. The first-order valence-corrected chi connectivity index (χ1v) is 7.56. The summed E-state index contributed by atoms with van der Waals surface area (Å²) in [4.78, 5) is 16.6. The first-order chi connectivity index (χ1) is 10.5. The SMILES string of the molecule is Cc1cc(C)n(-c2ccc(NC(=O)C(C)C3CNC3)cn2)n1. The summed E-state index contributed by atoms with van der Waals surface area (Å²) in [6.45, 7) is 7.76. The molecular weight excluding hydrogens is 278 g/mol.